The molecule has 8 nitrogen and oxygen atoms in total. The highest BCUT2D eigenvalue weighted by atomic mass is 16.5. The van der Waals surface area contributed by atoms with Gasteiger partial charge in [0.15, 0.2) is 0 Å². The van der Waals surface area contributed by atoms with Gasteiger partial charge in [0.2, 0.25) is 5.95 Å². The number of anilines is 3. The molecule has 1 heterocycles. The third kappa shape index (κ3) is 3.00. The highest BCUT2D eigenvalue weighted by molar-refractivity contribution is 6.08. The van der Waals surface area contributed by atoms with Crippen molar-refractivity contribution in [2.45, 2.75) is 6.92 Å². The normalized spacial score (nSPS) is 10.1. The molecule has 0 saturated heterocycles. The van der Waals surface area contributed by atoms with E-state index in [1.54, 1.807) is 25.1 Å². The molecule has 1 aromatic heterocycles. The first-order valence-corrected chi connectivity index (χ1v) is 6.39. The van der Waals surface area contributed by atoms with Crippen LogP contribution in [-0.4, -0.2) is 30.1 Å². The molecule has 8 heteroatoms. The van der Waals surface area contributed by atoms with Gasteiger partial charge in [-0.3, -0.25) is 4.79 Å². The van der Waals surface area contributed by atoms with Crippen LogP contribution in [-0.2, 0) is 0 Å². The smallest absolute Gasteiger partial charge is 0.261 e. The first kappa shape index (κ1) is 15.4. The number of hydrogen-bond donors (Lipinski definition) is 3. The number of nitrogens with one attached hydrogen (secondary N) is 1. The molecule has 0 bridgehead atoms. The van der Waals surface area contributed by atoms with Gasteiger partial charge in [0.25, 0.3) is 5.91 Å². The predicted molar refractivity (Wildman–Crippen MR) is 83.1 cm³/mol. The topological polar surface area (TPSA) is 125 Å². The van der Waals surface area contributed by atoms with Crippen molar-refractivity contribution >= 4 is 23.4 Å². The number of aromatic nitrogens is 2. The van der Waals surface area contributed by atoms with E-state index in [2.05, 4.69) is 15.3 Å². The first-order valence-electron chi connectivity index (χ1n) is 6.39. The fourth-order valence-electron chi connectivity index (χ4n) is 1.99. The zero-order valence-corrected chi connectivity index (χ0v) is 12.5. The Labute approximate surface area is 127 Å². The molecule has 2 aromatic rings. The molecule has 116 valence electrons. The van der Waals surface area contributed by atoms with E-state index in [-0.39, 0.29) is 17.3 Å². The number of aryl methyl sites for hydroxylation is 1. The number of nitrogens with zero attached hydrogens (tertiary/aromatic N) is 2. The highest BCUT2D eigenvalue weighted by Gasteiger charge is 2.18. The summed E-state index contributed by atoms with van der Waals surface area (Å²) >= 11 is 0. The summed E-state index contributed by atoms with van der Waals surface area (Å²) in [5.74, 6) is 0.646. The molecule has 22 heavy (non-hydrogen) atoms. The zero-order valence-electron chi connectivity index (χ0n) is 12.5. The van der Waals surface area contributed by atoms with Crippen LogP contribution in [0.2, 0.25) is 0 Å². The van der Waals surface area contributed by atoms with Crippen molar-refractivity contribution in [1.29, 1.82) is 0 Å². The lowest BCUT2D eigenvalue weighted by Gasteiger charge is -2.13. The second-order valence-corrected chi connectivity index (χ2v) is 4.45. The van der Waals surface area contributed by atoms with Crippen LogP contribution in [0.5, 0.6) is 11.5 Å². The number of methoxy groups -OCH3 is 2. The van der Waals surface area contributed by atoms with Gasteiger partial charge < -0.3 is 26.3 Å². The van der Waals surface area contributed by atoms with Crippen molar-refractivity contribution in [3.05, 3.63) is 29.5 Å². The van der Waals surface area contributed by atoms with Crippen molar-refractivity contribution in [2.24, 2.45) is 0 Å². The summed E-state index contributed by atoms with van der Waals surface area (Å²) in [7, 11) is 3.03. The average Bonchev–Trinajstić information content (AvgIpc) is 2.46. The van der Waals surface area contributed by atoms with Crippen molar-refractivity contribution in [3.63, 3.8) is 0 Å². The van der Waals surface area contributed by atoms with E-state index in [1.807, 2.05) is 0 Å². The maximum atomic E-state index is 12.4. The Kier molecular flexibility index (Phi) is 4.31. The quantitative estimate of drug-likeness (QED) is 0.775. The van der Waals surface area contributed by atoms with Crippen LogP contribution in [0.15, 0.2) is 18.2 Å². The van der Waals surface area contributed by atoms with Gasteiger partial charge in [-0.05, 0) is 19.1 Å². The van der Waals surface area contributed by atoms with Crippen molar-refractivity contribution in [1.82, 2.24) is 9.97 Å². The predicted octanol–water partition coefficient (Wildman–Crippen LogP) is 1.22. The van der Waals surface area contributed by atoms with E-state index < -0.39 is 5.91 Å². The maximum Gasteiger partial charge on any atom is 0.261 e. The van der Waals surface area contributed by atoms with Gasteiger partial charge in [0, 0.05) is 6.07 Å². The third-order valence-electron chi connectivity index (χ3n) is 3.02. The van der Waals surface area contributed by atoms with Gasteiger partial charge in [-0.25, -0.2) is 4.98 Å². The summed E-state index contributed by atoms with van der Waals surface area (Å²) < 4.78 is 10.3. The molecule has 2 rings (SSSR count). The molecule has 5 N–H and O–H groups in total. The van der Waals surface area contributed by atoms with Crippen molar-refractivity contribution < 1.29 is 14.3 Å². The molecule has 0 unspecified atom stereocenters. The maximum absolute atomic E-state index is 12.4. The van der Waals surface area contributed by atoms with Gasteiger partial charge in [0.05, 0.1) is 25.6 Å². The van der Waals surface area contributed by atoms with Crippen LogP contribution in [0.1, 0.15) is 16.1 Å². The van der Waals surface area contributed by atoms with Gasteiger partial charge in [-0.1, -0.05) is 0 Å². The number of nitrogens with two attached hydrogens (primary N) is 2. The van der Waals surface area contributed by atoms with E-state index >= 15 is 0 Å². The average molecular weight is 303 g/mol. The molecular formula is C14H17N5O3. The fraction of sp³-hybridized carbons (Fsp3) is 0.214. The lowest BCUT2D eigenvalue weighted by atomic mass is 10.2. The molecule has 0 saturated carbocycles. The summed E-state index contributed by atoms with van der Waals surface area (Å²) in [6.45, 7) is 1.63. The number of benzene rings is 1. The first-order chi connectivity index (χ1) is 10.5. The van der Waals surface area contributed by atoms with Crippen LogP contribution in [0.3, 0.4) is 0 Å². The van der Waals surface area contributed by atoms with Crippen molar-refractivity contribution in [2.75, 3.05) is 31.0 Å². The molecule has 1 amide bonds. The Hall–Kier alpha value is -3.03. The standard InChI is InChI=1S/C14H17N5O3/c1-7-11(12(15)19-14(16)17-7)13(20)18-9-6-8(21-2)4-5-10(9)22-3/h4-6H,1-3H3,(H,18,20)(H4,15,16,17,19). The monoisotopic (exact) mass is 303 g/mol. The molecule has 0 atom stereocenters. The molecule has 0 aliphatic rings. The third-order valence-corrected chi connectivity index (χ3v) is 3.02. The van der Waals surface area contributed by atoms with Crippen LogP contribution in [0.4, 0.5) is 17.5 Å². The van der Waals surface area contributed by atoms with Crippen LogP contribution >= 0.6 is 0 Å². The second kappa shape index (κ2) is 6.17. The fourth-order valence-corrected chi connectivity index (χ4v) is 1.99. The summed E-state index contributed by atoms with van der Waals surface area (Å²) in [6, 6.07) is 5.05. The number of hydrogen-bond acceptors (Lipinski definition) is 7. The summed E-state index contributed by atoms with van der Waals surface area (Å²) in [6.07, 6.45) is 0. The molecular weight excluding hydrogens is 286 g/mol. The van der Waals surface area contributed by atoms with Crippen LogP contribution in [0.25, 0.3) is 0 Å². The van der Waals surface area contributed by atoms with E-state index in [4.69, 9.17) is 20.9 Å². The Bertz CT molecular complexity index is 695. The minimum Gasteiger partial charge on any atom is -0.497 e. The number of ether oxygens (including phenoxy) is 2. The molecule has 0 spiro atoms. The number of carbonyl (C=O) groups is 1. The number of rotatable bonds is 4. The van der Waals surface area contributed by atoms with Gasteiger partial charge >= 0.3 is 0 Å². The van der Waals surface area contributed by atoms with E-state index in [9.17, 15) is 4.79 Å². The Morgan fingerprint density at radius 1 is 1.18 bits per heavy atom. The molecule has 0 fully saturated rings. The van der Waals surface area contributed by atoms with E-state index in [1.165, 1.54) is 14.2 Å². The van der Waals surface area contributed by atoms with Crippen molar-refractivity contribution in [3.8, 4) is 11.5 Å². The molecule has 0 aliphatic carbocycles. The van der Waals surface area contributed by atoms with Crippen LogP contribution in [0, 0.1) is 6.92 Å². The number of carbonyl (C=O) groups excluding carboxylic acids is 1. The minimum atomic E-state index is -0.457. The van der Waals surface area contributed by atoms with Crippen LogP contribution < -0.4 is 26.3 Å². The SMILES string of the molecule is COc1ccc(OC)c(NC(=O)c2c(C)nc(N)nc2N)c1. The lowest BCUT2D eigenvalue weighted by Crippen LogP contribution is -2.18. The zero-order chi connectivity index (χ0) is 16.3. The molecule has 0 radical (unpaired) electrons. The number of nitrogen functional groups attached to an aromatic ring is 2. The summed E-state index contributed by atoms with van der Waals surface area (Å²) in [5.41, 5.74) is 12.3. The van der Waals surface area contributed by atoms with Gasteiger partial charge in [-0.15, -0.1) is 0 Å². The van der Waals surface area contributed by atoms with Gasteiger partial charge in [-0.2, -0.15) is 4.98 Å². The summed E-state index contributed by atoms with van der Waals surface area (Å²) in [4.78, 5) is 20.2. The summed E-state index contributed by atoms with van der Waals surface area (Å²) in [5, 5.41) is 2.71. The van der Waals surface area contributed by atoms with E-state index in [0.29, 0.717) is 22.9 Å². The molecule has 1 aromatic carbocycles. The second-order valence-electron chi connectivity index (χ2n) is 4.45. The Balaban J connectivity index is 2.37. The molecule has 0 aliphatic heterocycles. The Morgan fingerprint density at radius 3 is 2.50 bits per heavy atom. The lowest BCUT2D eigenvalue weighted by molar-refractivity contribution is 0.102. The number of amides is 1. The highest BCUT2D eigenvalue weighted by Crippen LogP contribution is 2.29. The van der Waals surface area contributed by atoms with Gasteiger partial charge in [0.1, 0.15) is 22.9 Å². The van der Waals surface area contributed by atoms with E-state index in [0.717, 1.165) is 0 Å². The largest absolute Gasteiger partial charge is 0.497 e. The Morgan fingerprint density at radius 2 is 1.91 bits per heavy atom. The minimum absolute atomic E-state index is 0.0179.